The highest BCUT2D eigenvalue weighted by atomic mass is 35.5. The molecule has 3 aromatic carbocycles. The fourth-order valence-corrected chi connectivity index (χ4v) is 6.03. The van der Waals surface area contributed by atoms with Crippen LogP contribution < -0.4 is 0 Å². The van der Waals surface area contributed by atoms with Gasteiger partial charge in [-0.3, -0.25) is 4.79 Å². The fraction of sp³-hybridized carbons (Fsp3) is 0.133. The number of sulfone groups is 1. The van der Waals surface area contributed by atoms with Crippen molar-refractivity contribution in [2.45, 2.75) is 30.5 Å². The van der Waals surface area contributed by atoms with E-state index in [1.165, 1.54) is 6.20 Å². The van der Waals surface area contributed by atoms with Crippen LogP contribution in [0.25, 0.3) is 0 Å². The summed E-state index contributed by atoms with van der Waals surface area (Å²) in [6.45, 7) is 0.563. The third-order valence-electron chi connectivity index (χ3n) is 6.20. The van der Waals surface area contributed by atoms with Crippen LogP contribution in [0.3, 0.4) is 0 Å². The second-order valence-corrected chi connectivity index (χ2v) is 11.4. The molecule has 0 fully saturated rings. The maximum Gasteiger partial charge on any atom is 0.254 e. The third kappa shape index (κ3) is 6.47. The molecule has 198 valence electrons. The molecule has 0 aliphatic carbocycles. The lowest BCUT2D eigenvalue weighted by Crippen LogP contribution is -2.31. The van der Waals surface area contributed by atoms with Crippen molar-refractivity contribution in [3.8, 4) is 0 Å². The Bertz CT molecular complexity index is 1650. The molecule has 0 unspecified atom stereocenters. The molecule has 0 saturated heterocycles. The number of aromatic nitrogens is 2. The van der Waals surface area contributed by atoms with Crippen molar-refractivity contribution in [2.24, 2.45) is 0 Å². The van der Waals surface area contributed by atoms with Gasteiger partial charge in [0.1, 0.15) is 5.76 Å². The SMILES string of the molecule is O=C(c1cccc(Cl)c1)N(Cc1ccco1)Cc1cnc(S(=O)(=O)Cc2ccccc2)n1Cc1ccccc1. The first-order chi connectivity index (χ1) is 18.9. The number of furan rings is 1. The Morgan fingerprint density at radius 3 is 2.26 bits per heavy atom. The predicted molar refractivity (Wildman–Crippen MR) is 149 cm³/mol. The molecule has 0 aliphatic heterocycles. The number of amides is 1. The Kier molecular flexibility index (Phi) is 7.95. The van der Waals surface area contributed by atoms with Gasteiger partial charge in [0.25, 0.3) is 5.91 Å². The molecular weight excluding hydrogens is 534 g/mol. The van der Waals surface area contributed by atoms with Crippen molar-refractivity contribution >= 4 is 27.3 Å². The summed E-state index contributed by atoms with van der Waals surface area (Å²) in [6, 6.07) is 28.8. The standard InChI is InChI=1S/C30H26ClN3O4S/c31-26-14-7-13-25(17-26)29(35)33(21-28-15-8-16-38-28)20-27-18-32-30(34(27)19-23-9-3-1-4-10-23)39(36,37)22-24-11-5-2-6-12-24/h1-18H,19-22H2. The summed E-state index contributed by atoms with van der Waals surface area (Å²) in [5.74, 6) is 0.142. The van der Waals surface area contributed by atoms with Crippen LogP contribution in [0.4, 0.5) is 0 Å². The molecule has 39 heavy (non-hydrogen) atoms. The molecule has 9 heteroatoms. The number of carbonyl (C=O) groups is 1. The second kappa shape index (κ2) is 11.7. The summed E-state index contributed by atoms with van der Waals surface area (Å²) in [5, 5.41) is 0.403. The van der Waals surface area contributed by atoms with Crippen LogP contribution in [0.5, 0.6) is 0 Å². The second-order valence-electron chi connectivity index (χ2n) is 9.10. The van der Waals surface area contributed by atoms with Gasteiger partial charge in [-0.05, 0) is 41.5 Å². The van der Waals surface area contributed by atoms with Crippen LogP contribution in [-0.2, 0) is 35.2 Å². The number of halogens is 1. The Hall–Kier alpha value is -4.14. The number of rotatable bonds is 10. The molecule has 0 spiro atoms. The van der Waals surface area contributed by atoms with Gasteiger partial charge in [-0.15, -0.1) is 0 Å². The van der Waals surface area contributed by atoms with E-state index in [9.17, 15) is 13.2 Å². The zero-order valence-corrected chi connectivity index (χ0v) is 22.6. The number of carbonyl (C=O) groups excluding carboxylic acids is 1. The fourth-order valence-electron chi connectivity index (χ4n) is 4.35. The lowest BCUT2D eigenvalue weighted by atomic mass is 10.2. The van der Waals surface area contributed by atoms with E-state index in [-0.39, 0.29) is 36.5 Å². The molecule has 1 amide bonds. The monoisotopic (exact) mass is 559 g/mol. The van der Waals surface area contributed by atoms with Crippen molar-refractivity contribution in [1.82, 2.24) is 14.5 Å². The van der Waals surface area contributed by atoms with Gasteiger partial charge in [-0.1, -0.05) is 78.3 Å². The average Bonchev–Trinajstić information content (AvgIpc) is 3.59. The van der Waals surface area contributed by atoms with Crippen molar-refractivity contribution in [1.29, 1.82) is 0 Å². The zero-order valence-electron chi connectivity index (χ0n) is 21.0. The molecule has 0 bridgehead atoms. The van der Waals surface area contributed by atoms with Gasteiger partial charge in [0.15, 0.2) is 0 Å². The van der Waals surface area contributed by atoms with E-state index in [1.54, 1.807) is 76.4 Å². The molecular formula is C30H26ClN3O4S. The van der Waals surface area contributed by atoms with Crippen molar-refractivity contribution in [3.05, 3.63) is 143 Å². The first kappa shape index (κ1) is 26.5. The van der Waals surface area contributed by atoms with Crippen LogP contribution in [0, 0.1) is 0 Å². The van der Waals surface area contributed by atoms with Crippen molar-refractivity contribution in [2.75, 3.05) is 0 Å². The first-order valence-electron chi connectivity index (χ1n) is 12.3. The van der Waals surface area contributed by atoms with Crippen LogP contribution in [0.2, 0.25) is 5.02 Å². The van der Waals surface area contributed by atoms with E-state index in [0.717, 1.165) is 5.56 Å². The number of benzene rings is 3. The van der Waals surface area contributed by atoms with Gasteiger partial charge in [-0.2, -0.15) is 0 Å². The van der Waals surface area contributed by atoms with Crippen molar-refractivity contribution < 1.29 is 17.6 Å². The van der Waals surface area contributed by atoms with E-state index in [1.807, 2.05) is 36.4 Å². The van der Waals surface area contributed by atoms with Crippen LogP contribution >= 0.6 is 11.6 Å². The average molecular weight is 560 g/mol. The van der Waals surface area contributed by atoms with E-state index >= 15 is 0 Å². The van der Waals surface area contributed by atoms with Gasteiger partial charge in [-0.25, -0.2) is 13.4 Å². The van der Waals surface area contributed by atoms with E-state index in [4.69, 9.17) is 16.0 Å². The van der Waals surface area contributed by atoms with Gasteiger partial charge in [0.2, 0.25) is 15.0 Å². The smallest absolute Gasteiger partial charge is 0.254 e. The van der Waals surface area contributed by atoms with Gasteiger partial charge in [0.05, 0.1) is 43.5 Å². The van der Waals surface area contributed by atoms with Gasteiger partial charge >= 0.3 is 0 Å². The van der Waals surface area contributed by atoms with E-state index in [0.29, 0.717) is 27.6 Å². The molecule has 7 nitrogen and oxygen atoms in total. The van der Waals surface area contributed by atoms with Crippen LogP contribution in [0.1, 0.15) is 32.9 Å². The maximum absolute atomic E-state index is 13.6. The van der Waals surface area contributed by atoms with E-state index in [2.05, 4.69) is 4.98 Å². The molecule has 0 atom stereocenters. The zero-order chi connectivity index (χ0) is 27.2. The molecule has 5 rings (SSSR count). The summed E-state index contributed by atoms with van der Waals surface area (Å²) < 4.78 is 34.3. The largest absolute Gasteiger partial charge is 0.467 e. The quantitative estimate of drug-likeness (QED) is 0.210. The van der Waals surface area contributed by atoms with E-state index < -0.39 is 9.84 Å². The molecule has 2 heterocycles. The first-order valence-corrected chi connectivity index (χ1v) is 14.3. The van der Waals surface area contributed by atoms with Gasteiger partial charge < -0.3 is 13.9 Å². The normalized spacial score (nSPS) is 11.4. The maximum atomic E-state index is 13.6. The third-order valence-corrected chi connectivity index (χ3v) is 8.03. The molecule has 2 aromatic heterocycles. The number of hydrogen-bond acceptors (Lipinski definition) is 5. The summed E-state index contributed by atoms with van der Waals surface area (Å²) in [4.78, 5) is 19.6. The predicted octanol–water partition coefficient (Wildman–Crippen LogP) is 5.99. The summed E-state index contributed by atoms with van der Waals surface area (Å²) >= 11 is 6.16. The summed E-state index contributed by atoms with van der Waals surface area (Å²) in [6.07, 6.45) is 3.08. The number of nitrogens with zero attached hydrogens (tertiary/aromatic N) is 3. The molecule has 5 aromatic rings. The summed E-state index contributed by atoms with van der Waals surface area (Å²) in [7, 11) is -3.79. The lowest BCUT2D eigenvalue weighted by Gasteiger charge is -2.23. The minimum Gasteiger partial charge on any atom is -0.467 e. The topological polar surface area (TPSA) is 85.4 Å². The van der Waals surface area contributed by atoms with Gasteiger partial charge in [0, 0.05) is 10.6 Å². The molecule has 0 saturated carbocycles. The van der Waals surface area contributed by atoms with Crippen LogP contribution in [0.15, 0.2) is 119 Å². The number of hydrogen-bond donors (Lipinski definition) is 0. The lowest BCUT2D eigenvalue weighted by molar-refractivity contribution is 0.0713. The Labute approximate surface area is 232 Å². The minimum atomic E-state index is -3.79. The number of imidazole rings is 1. The highest BCUT2D eigenvalue weighted by Gasteiger charge is 2.26. The molecule has 0 radical (unpaired) electrons. The molecule has 0 aliphatic rings. The Morgan fingerprint density at radius 1 is 0.872 bits per heavy atom. The van der Waals surface area contributed by atoms with Crippen LogP contribution in [-0.4, -0.2) is 28.8 Å². The van der Waals surface area contributed by atoms with Crippen molar-refractivity contribution in [3.63, 3.8) is 0 Å². The minimum absolute atomic E-state index is 0.0432. The highest BCUT2D eigenvalue weighted by molar-refractivity contribution is 7.90. The summed E-state index contributed by atoms with van der Waals surface area (Å²) in [5.41, 5.74) is 2.57. The molecule has 0 N–H and O–H groups in total. The Morgan fingerprint density at radius 2 is 1.59 bits per heavy atom. The Balaban J connectivity index is 1.53. The highest BCUT2D eigenvalue weighted by Crippen LogP contribution is 2.23.